The van der Waals surface area contributed by atoms with Gasteiger partial charge in [0.15, 0.2) is 0 Å². The first-order valence-corrected chi connectivity index (χ1v) is 9.20. The van der Waals surface area contributed by atoms with Crippen LogP contribution in [0.15, 0.2) is 30.3 Å². The van der Waals surface area contributed by atoms with Crippen molar-refractivity contribution >= 4 is 0 Å². The molecule has 0 aromatic heterocycles. The molecule has 3 nitrogen and oxygen atoms in total. The molecule has 0 heterocycles. The predicted octanol–water partition coefficient (Wildman–Crippen LogP) is 4.99. The van der Waals surface area contributed by atoms with Crippen LogP contribution >= 0.6 is 0 Å². The van der Waals surface area contributed by atoms with Gasteiger partial charge in [0.1, 0.15) is 0 Å². The molecule has 0 saturated carbocycles. The first-order valence-electron chi connectivity index (χ1n) is 9.20. The van der Waals surface area contributed by atoms with Crippen LogP contribution in [0.4, 0.5) is 0 Å². The van der Waals surface area contributed by atoms with Crippen molar-refractivity contribution in [1.82, 2.24) is 0 Å². The molecule has 0 amide bonds. The fourth-order valence-corrected chi connectivity index (χ4v) is 2.30. The second-order valence-corrected chi connectivity index (χ2v) is 5.88. The maximum Gasteiger partial charge on any atom is 0.0716 e. The van der Waals surface area contributed by atoms with Crippen LogP contribution in [0.25, 0.3) is 0 Å². The summed E-state index contributed by atoms with van der Waals surface area (Å²) in [6.07, 6.45) is 8.41. The van der Waals surface area contributed by atoms with E-state index < -0.39 is 0 Å². The molecule has 0 saturated heterocycles. The van der Waals surface area contributed by atoms with Gasteiger partial charge in [-0.05, 0) is 31.2 Å². The molecule has 0 aliphatic heterocycles. The van der Waals surface area contributed by atoms with Gasteiger partial charge in [0.25, 0.3) is 0 Å². The Hall–Kier alpha value is -0.900. The average Bonchev–Trinajstić information content (AvgIpc) is 2.59. The van der Waals surface area contributed by atoms with E-state index in [4.69, 9.17) is 14.2 Å². The third-order valence-corrected chi connectivity index (χ3v) is 3.70. The highest BCUT2D eigenvalue weighted by atomic mass is 16.5. The van der Waals surface area contributed by atoms with E-state index >= 15 is 0 Å². The molecule has 0 aliphatic rings. The summed E-state index contributed by atoms with van der Waals surface area (Å²) in [5, 5.41) is 0. The maximum absolute atomic E-state index is 5.66. The van der Waals surface area contributed by atoms with Crippen LogP contribution in [0.2, 0.25) is 0 Å². The highest BCUT2D eigenvalue weighted by Gasteiger charge is 1.94. The summed E-state index contributed by atoms with van der Waals surface area (Å²) in [5.74, 6) is 0. The van der Waals surface area contributed by atoms with E-state index in [1.807, 2.05) is 18.2 Å². The second kappa shape index (κ2) is 16.0. The zero-order valence-electron chi connectivity index (χ0n) is 14.8. The number of benzene rings is 1. The van der Waals surface area contributed by atoms with E-state index in [0.717, 1.165) is 52.3 Å². The SMILES string of the molecule is CCCCCCOCCOCCCCCOCc1ccccc1. The summed E-state index contributed by atoms with van der Waals surface area (Å²) < 4.78 is 16.8. The lowest BCUT2D eigenvalue weighted by Crippen LogP contribution is -2.06. The van der Waals surface area contributed by atoms with Crippen molar-refractivity contribution < 1.29 is 14.2 Å². The monoisotopic (exact) mass is 322 g/mol. The molecule has 0 bridgehead atoms. The van der Waals surface area contributed by atoms with Crippen molar-refractivity contribution in [3.8, 4) is 0 Å². The zero-order chi connectivity index (χ0) is 16.4. The van der Waals surface area contributed by atoms with Crippen LogP contribution < -0.4 is 0 Å². The minimum absolute atomic E-state index is 0.715. The van der Waals surface area contributed by atoms with Gasteiger partial charge in [0, 0.05) is 19.8 Å². The largest absolute Gasteiger partial charge is 0.379 e. The molecule has 0 aliphatic carbocycles. The summed E-state index contributed by atoms with van der Waals surface area (Å²) in [4.78, 5) is 0. The second-order valence-electron chi connectivity index (χ2n) is 5.88. The zero-order valence-corrected chi connectivity index (χ0v) is 14.8. The van der Waals surface area contributed by atoms with Crippen LogP contribution in [-0.2, 0) is 20.8 Å². The van der Waals surface area contributed by atoms with Crippen molar-refractivity contribution in [3.05, 3.63) is 35.9 Å². The van der Waals surface area contributed by atoms with Crippen LogP contribution in [0.1, 0.15) is 57.4 Å². The van der Waals surface area contributed by atoms with Gasteiger partial charge in [-0.25, -0.2) is 0 Å². The lowest BCUT2D eigenvalue weighted by molar-refractivity contribution is 0.0438. The summed E-state index contributed by atoms with van der Waals surface area (Å²) in [6, 6.07) is 10.3. The number of unbranched alkanes of at least 4 members (excludes halogenated alkanes) is 5. The van der Waals surface area contributed by atoms with Crippen molar-refractivity contribution in [3.63, 3.8) is 0 Å². The van der Waals surface area contributed by atoms with E-state index in [1.54, 1.807) is 0 Å². The Bertz CT molecular complexity index is 340. The maximum atomic E-state index is 5.66. The minimum atomic E-state index is 0.715. The summed E-state index contributed by atoms with van der Waals surface area (Å²) in [5.41, 5.74) is 1.24. The fourth-order valence-electron chi connectivity index (χ4n) is 2.30. The van der Waals surface area contributed by atoms with Gasteiger partial charge >= 0.3 is 0 Å². The molecule has 0 spiro atoms. The van der Waals surface area contributed by atoms with Gasteiger partial charge in [0.05, 0.1) is 19.8 Å². The Kier molecular flexibility index (Phi) is 14.0. The molecular formula is C20H34O3. The molecule has 0 radical (unpaired) electrons. The van der Waals surface area contributed by atoms with Crippen LogP contribution in [0.5, 0.6) is 0 Å². The van der Waals surface area contributed by atoms with Crippen molar-refractivity contribution in [1.29, 1.82) is 0 Å². The Balaban J connectivity index is 1.72. The average molecular weight is 322 g/mol. The number of hydrogen-bond acceptors (Lipinski definition) is 3. The van der Waals surface area contributed by atoms with E-state index in [2.05, 4.69) is 19.1 Å². The molecular weight excluding hydrogens is 288 g/mol. The molecule has 0 fully saturated rings. The lowest BCUT2D eigenvalue weighted by Gasteiger charge is -2.06. The topological polar surface area (TPSA) is 27.7 Å². The number of hydrogen-bond donors (Lipinski definition) is 0. The molecule has 0 N–H and O–H groups in total. The van der Waals surface area contributed by atoms with E-state index in [1.165, 1.54) is 31.2 Å². The molecule has 0 unspecified atom stereocenters. The third-order valence-electron chi connectivity index (χ3n) is 3.70. The highest BCUT2D eigenvalue weighted by molar-refractivity contribution is 5.13. The number of ether oxygens (including phenoxy) is 3. The van der Waals surface area contributed by atoms with Crippen LogP contribution in [0, 0.1) is 0 Å². The smallest absolute Gasteiger partial charge is 0.0716 e. The molecule has 3 heteroatoms. The number of rotatable bonds is 16. The fraction of sp³-hybridized carbons (Fsp3) is 0.700. The lowest BCUT2D eigenvalue weighted by atomic mass is 10.2. The Morgan fingerprint density at radius 3 is 1.78 bits per heavy atom. The summed E-state index contributed by atoms with van der Waals surface area (Å²) in [7, 11) is 0. The highest BCUT2D eigenvalue weighted by Crippen LogP contribution is 2.03. The summed E-state index contributed by atoms with van der Waals surface area (Å²) in [6.45, 7) is 6.93. The van der Waals surface area contributed by atoms with E-state index in [9.17, 15) is 0 Å². The first kappa shape index (κ1) is 20.1. The Morgan fingerprint density at radius 2 is 1.17 bits per heavy atom. The summed E-state index contributed by atoms with van der Waals surface area (Å²) >= 11 is 0. The molecule has 23 heavy (non-hydrogen) atoms. The van der Waals surface area contributed by atoms with E-state index in [0.29, 0.717) is 6.61 Å². The van der Waals surface area contributed by atoms with Crippen molar-refractivity contribution in [2.75, 3.05) is 33.0 Å². The molecule has 1 rings (SSSR count). The minimum Gasteiger partial charge on any atom is -0.379 e. The third kappa shape index (κ3) is 13.3. The molecule has 1 aromatic carbocycles. The Labute approximate surface area is 142 Å². The van der Waals surface area contributed by atoms with Crippen LogP contribution in [0.3, 0.4) is 0 Å². The normalized spacial score (nSPS) is 11.0. The predicted molar refractivity (Wildman–Crippen MR) is 95.7 cm³/mol. The van der Waals surface area contributed by atoms with Gasteiger partial charge in [-0.1, -0.05) is 56.5 Å². The van der Waals surface area contributed by atoms with Crippen molar-refractivity contribution in [2.45, 2.75) is 58.5 Å². The van der Waals surface area contributed by atoms with Gasteiger partial charge < -0.3 is 14.2 Å². The Morgan fingerprint density at radius 1 is 0.609 bits per heavy atom. The standard InChI is InChI=1S/C20H34O3/c1-2-3-4-9-14-21-17-18-22-15-10-6-11-16-23-19-20-12-7-5-8-13-20/h5,7-8,12-13H,2-4,6,9-11,14-19H2,1H3. The van der Waals surface area contributed by atoms with Crippen LogP contribution in [-0.4, -0.2) is 33.0 Å². The molecule has 132 valence electrons. The van der Waals surface area contributed by atoms with E-state index in [-0.39, 0.29) is 0 Å². The van der Waals surface area contributed by atoms with Gasteiger partial charge in [-0.2, -0.15) is 0 Å². The van der Waals surface area contributed by atoms with Crippen molar-refractivity contribution in [2.24, 2.45) is 0 Å². The molecule has 1 aromatic rings. The van der Waals surface area contributed by atoms with Gasteiger partial charge in [0.2, 0.25) is 0 Å². The molecule has 0 atom stereocenters. The van der Waals surface area contributed by atoms with Gasteiger partial charge in [-0.15, -0.1) is 0 Å². The van der Waals surface area contributed by atoms with Gasteiger partial charge in [-0.3, -0.25) is 0 Å². The quantitative estimate of drug-likeness (QED) is 0.401. The first-order chi connectivity index (χ1) is 11.4.